The number of hydrogen-bond acceptors (Lipinski definition) is 4. The number of carbonyl (C=O) groups excluding carboxylic acids is 1. The molecule has 1 amide bonds. The lowest BCUT2D eigenvalue weighted by Gasteiger charge is -2.41. The Bertz CT molecular complexity index is 838. The van der Waals surface area contributed by atoms with Gasteiger partial charge in [0.05, 0.1) is 12.6 Å². The van der Waals surface area contributed by atoms with Gasteiger partial charge in [0.15, 0.2) is 0 Å². The zero-order valence-corrected chi connectivity index (χ0v) is 15.0. The minimum Gasteiger partial charge on any atom is -0.376 e. The van der Waals surface area contributed by atoms with Gasteiger partial charge in [-0.3, -0.25) is 4.79 Å². The molecule has 0 spiro atoms. The highest BCUT2D eigenvalue weighted by Gasteiger charge is 2.40. The van der Waals surface area contributed by atoms with E-state index in [1.54, 1.807) is 17.0 Å². The molecular weight excluding hydrogens is 347 g/mol. The van der Waals surface area contributed by atoms with Gasteiger partial charge in [-0.1, -0.05) is 36.4 Å². The summed E-state index contributed by atoms with van der Waals surface area (Å²) in [6.07, 6.45) is 0.335. The van der Waals surface area contributed by atoms with Gasteiger partial charge in [-0.15, -0.1) is 0 Å². The van der Waals surface area contributed by atoms with E-state index >= 15 is 0 Å². The summed E-state index contributed by atoms with van der Waals surface area (Å²) in [7, 11) is 0. The first-order valence-corrected chi connectivity index (χ1v) is 9.21. The van der Waals surface area contributed by atoms with Gasteiger partial charge in [0.25, 0.3) is 5.91 Å². The third-order valence-electron chi connectivity index (χ3n) is 5.42. The summed E-state index contributed by atoms with van der Waals surface area (Å²) in [6.45, 7) is 0.774. The number of hydrogen-bond donors (Lipinski definition) is 2. The minimum absolute atomic E-state index is 0.0696. The minimum atomic E-state index is -1.39. The van der Waals surface area contributed by atoms with Crippen molar-refractivity contribution in [2.24, 2.45) is 5.73 Å². The fraction of sp³-hybridized carbons (Fsp3) is 0.381. The number of nitrogens with two attached hydrogens (primary N) is 1. The zero-order valence-electron chi connectivity index (χ0n) is 15.0. The Hall–Kier alpha value is -2.28. The van der Waals surface area contributed by atoms with Crippen molar-refractivity contribution in [1.29, 1.82) is 0 Å². The van der Waals surface area contributed by atoms with Crippen LogP contribution in [-0.4, -0.2) is 40.9 Å². The molecular formula is C21H23FN2O3. The topological polar surface area (TPSA) is 75.8 Å². The Labute approximate surface area is 157 Å². The van der Waals surface area contributed by atoms with Crippen molar-refractivity contribution in [2.75, 3.05) is 13.2 Å². The molecule has 2 aliphatic rings. The number of amides is 1. The largest absolute Gasteiger partial charge is 0.376 e. The standard InChI is InChI=1S/C21H23FN2O3/c22-16-7-5-15(6-8-16)19-17-4-2-1-3-14(17)9-11-24(19)20(25)18-13-21(23,26)10-12-27-18/h1-8,18-19,26H,9-13,23H2/t18-,19+,21-/m1/s1. The van der Waals surface area contributed by atoms with E-state index in [2.05, 4.69) is 6.07 Å². The Morgan fingerprint density at radius 3 is 2.70 bits per heavy atom. The van der Waals surface area contributed by atoms with Crippen LogP contribution in [0.5, 0.6) is 0 Å². The fourth-order valence-electron chi connectivity index (χ4n) is 4.01. The molecule has 2 aliphatic heterocycles. The SMILES string of the molecule is N[C@@]1(O)CCO[C@@H](C(=O)N2CCc3ccccc3[C@@H]2c2ccc(F)cc2)C1. The van der Waals surface area contributed by atoms with Gasteiger partial charge in [0.2, 0.25) is 0 Å². The molecule has 3 N–H and O–H groups in total. The predicted octanol–water partition coefficient (Wildman–Crippen LogP) is 2.13. The number of benzene rings is 2. The van der Waals surface area contributed by atoms with E-state index in [-0.39, 0.29) is 30.8 Å². The van der Waals surface area contributed by atoms with Crippen molar-refractivity contribution in [3.8, 4) is 0 Å². The third kappa shape index (κ3) is 3.60. The molecule has 0 saturated carbocycles. The second-order valence-corrected chi connectivity index (χ2v) is 7.35. The molecule has 27 heavy (non-hydrogen) atoms. The molecule has 1 fully saturated rings. The van der Waals surface area contributed by atoms with E-state index in [1.165, 1.54) is 17.7 Å². The van der Waals surface area contributed by atoms with Crippen molar-refractivity contribution in [2.45, 2.75) is 37.1 Å². The number of fused-ring (bicyclic) bond motifs is 1. The van der Waals surface area contributed by atoms with Gasteiger partial charge in [0, 0.05) is 19.4 Å². The number of carbonyl (C=O) groups is 1. The summed E-state index contributed by atoms with van der Waals surface area (Å²) >= 11 is 0. The highest BCUT2D eigenvalue weighted by molar-refractivity contribution is 5.82. The Balaban J connectivity index is 1.70. The van der Waals surface area contributed by atoms with Crippen LogP contribution in [0.2, 0.25) is 0 Å². The number of aliphatic hydroxyl groups is 1. The molecule has 0 aliphatic carbocycles. The second-order valence-electron chi connectivity index (χ2n) is 7.35. The predicted molar refractivity (Wildman–Crippen MR) is 98.2 cm³/mol. The van der Waals surface area contributed by atoms with Gasteiger partial charge in [-0.2, -0.15) is 0 Å². The van der Waals surface area contributed by atoms with Crippen LogP contribution in [0.15, 0.2) is 48.5 Å². The van der Waals surface area contributed by atoms with Crippen LogP contribution < -0.4 is 5.73 Å². The normalized spacial score (nSPS) is 27.9. The highest BCUT2D eigenvalue weighted by atomic mass is 19.1. The molecule has 0 bridgehead atoms. The summed E-state index contributed by atoms with van der Waals surface area (Å²) in [6, 6.07) is 13.9. The molecule has 2 heterocycles. The average molecular weight is 370 g/mol. The van der Waals surface area contributed by atoms with E-state index in [0.29, 0.717) is 13.0 Å². The van der Waals surface area contributed by atoms with Crippen molar-refractivity contribution in [1.82, 2.24) is 4.90 Å². The lowest BCUT2D eigenvalue weighted by Crippen LogP contribution is -2.54. The summed E-state index contributed by atoms with van der Waals surface area (Å²) in [5.41, 5.74) is 7.50. The maximum Gasteiger partial charge on any atom is 0.252 e. The van der Waals surface area contributed by atoms with Gasteiger partial charge in [-0.05, 0) is 35.2 Å². The molecule has 0 aromatic heterocycles. The van der Waals surface area contributed by atoms with Crippen LogP contribution in [0.1, 0.15) is 35.6 Å². The summed E-state index contributed by atoms with van der Waals surface area (Å²) in [5, 5.41) is 10.1. The maximum atomic E-state index is 13.4. The number of nitrogens with zero attached hydrogens (tertiary/aromatic N) is 1. The third-order valence-corrected chi connectivity index (χ3v) is 5.42. The molecule has 2 aromatic rings. The molecule has 3 atom stereocenters. The van der Waals surface area contributed by atoms with E-state index in [1.807, 2.05) is 18.2 Å². The zero-order chi connectivity index (χ0) is 19.0. The van der Waals surface area contributed by atoms with Crippen LogP contribution in [0, 0.1) is 5.82 Å². The van der Waals surface area contributed by atoms with E-state index in [0.717, 1.165) is 17.5 Å². The van der Waals surface area contributed by atoms with Crippen LogP contribution in [-0.2, 0) is 16.0 Å². The lowest BCUT2D eigenvalue weighted by atomic mass is 9.87. The van der Waals surface area contributed by atoms with Gasteiger partial charge >= 0.3 is 0 Å². The Kier molecular flexibility index (Phi) is 4.72. The smallest absolute Gasteiger partial charge is 0.252 e. The average Bonchev–Trinajstić information content (AvgIpc) is 2.66. The molecule has 4 rings (SSSR count). The Morgan fingerprint density at radius 2 is 1.96 bits per heavy atom. The van der Waals surface area contributed by atoms with Gasteiger partial charge in [0.1, 0.15) is 17.6 Å². The van der Waals surface area contributed by atoms with Crippen molar-refractivity contribution in [3.05, 3.63) is 71.0 Å². The van der Waals surface area contributed by atoms with Crippen LogP contribution >= 0.6 is 0 Å². The van der Waals surface area contributed by atoms with Crippen LogP contribution in [0.25, 0.3) is 0 Å². The summed E-state index contributed by atoms with van der Waals surface area (Å²) in [4.78, 5) is 15.0. The fourth-order valence-corrected chi connectivity index (χ4v) is 4.01. The van der Waals surface area contributed by atoms with E-state index in [9.17, 15) is 14.3 Å². The second kappa shape index (κ2) is 7.03. The van der Waals surface area contributed by atoms with E-state index in [4.69, 9.17) is 10.5 Å². The van der Waals surface area contributed by atoms with Crippen LogP contribution in [0.4, 0.5) is 4.39 Å². The molecule has 2 aromatic carbocycles. The molecule has 5 nitrogen and oxygen atoms in total. The quantitative estimate of drug-likeness (QED) is 0.794. The molecule has 1 saturated heterocycles. The van der Waals surface area contributed by atoms with E-state index < -0.39 is 11.8 Å². The Morgan fingerprint density at radius 1 is 1.22 bits per heavy atom. The number of halogens is 1. The molecule has 6 heteroatoms. The summed E-state index contributed by atoms with van der Waals surface area (Å²) in [5.74, 6) is -0.507. The van der Waals surface area contributed by atoms with Gasteiger partial charge in [-0.25, -0.2) is 4.39 Å². The maximum absolute atomic E-state index is 13.4. The van der Waals surface area contributed by atoms with Crippen molar-refractivity contribution in [3.63, 3.8) is 0 Å². The molecule has 0 radical (unpaired) electrons. The lowest BCUT2D eigenvalue weighted by molar-refractivity contribution is -0.160. The summed E-state index contributed by atoms with van der Waals surface area (Å²) < 4.78 is 19.1. The van der Waals surface area contributed by atoms with Gasteiger partial charge < -0.3 is 20.5 Å². The highest BCUT2D eigenvalue weighted by Crippen LogP contribution is 2.36. The monoisotopic (exact) mass is 370 g/mol. The molecule has 142 valence electrons. The first kappa shape index (κ1) is 18.1. The van der Waals surface area contributed by atoms with Crippen LogP contribution in [0.3, 0.4) is 0 Å². The first-order chi connectivity index (χ1) is 12.9. The first-order valence-electron chi connectivity index (χ1n) is 9.21. The van der Waals surface area contributed by atoms with Crippen molar-refractivity contribution < 1.29 is 19.0 Å². The number of ether oxygens (including phenoxy) is 1. The number of rotatable bonds is 2. The molecule has 0 unspecified atom stereocenters. The van der Waals surface area contributed by atoms with Crippen molar-refractivity contribution >= 4 is 5.91 Å².